The summed E-state index contributed by atoms with van der Waals surface area (Å²) in [4.78, 5) is 37.1. The molecule has 2 amide bonds. The average Bonchev–Trinajstić information content (AvgIpc) is 3.23. The number of nitrogens with one attached hydrogen (secondary N) is 1. The molecule has 2 unspecified atom stereocenters. The van der Waals surface area contributed by atoms with Crippen molar-refractivity contribution in [1.82, 2.24) is 10.2 Å². The van der Waals surface area contributed by atoms with E-state index >= 15 is 0 Å². The molecule has 0 bridgehead atoms. The lowest BCUT2D eigenvalue weighted by Gasteiger charge is -2.33. The number of amides is 2. The van der Waals surface area contributed by atoms with Crippen molar-refractivity contribution in [3.05, 3.63) is 39.1 Å². The van der Waals surface area contributed by atoms with E-state index in [0.717, 1.165) is 18.9 Å². The molecule has 1 aromatic carbocycles. The van der Waals surface area contributed by atoms with Gasteiger partial charge in [0.15, 0.2) is 5.75 Å². The number of allylic oxidation sites excluding steroid dienone is 1. The molecule has 2 atom stereocenters. The number of benzene rings is 1. The largest absolute Gasteiger partial charge is 0.500 e. The maximum Gasteiger partial charge on any atom is 0.338 e. The van der Waals surface area contributed by atoms with Crippen LogP contribution in [0.25, 0.3) is 0 Å². The summed E-state index contributed by atoms with van der Waals surface area (Å²) >= 11 is 0. The maximum absolute atomic E-state index is 12.9. The Balaban J connectivity index is 2.00. The van der Waals surface area contributed by atoms with E-state index in [1.54, 1.807) is 6.92 Å². The molecule has 3 rings (SSSR count). The number of nitrogens with zero attached hydrogens (tertiary/aromatic N) is 2. The van der Waals surface area contributed by atoms with Crippen LogP contribution in [0.1, 0.15) is 31.4 Å². The molecule has 11 heteroatoms. The molecule has 2 aliphatic heterocycles. The zero-order valence-electron chi connectivity index (χ0n) is 16.8. The zero-order valence-corrected chi connectivity index (χ0v) is 16.8. The van der Waals surface area contributed by atoms with E-state index in [1.165, 1.54) is 25.1 Å². The quantitative estimate of drug-likeness (QED) is 0.404. The molecule has 1 saturated heterocycles. The second-order valence-corrected chi connectivity index (χ2v) is 7.02. The fraction of sp³-hybridized carbons (Fsp3) is 0.474. The first-order chi connectivity index (χ1) is 14.2. The number of esters is 1. The summed E-state index contributed by atoms with van der Waals surface area (Å²) < 4.78 is 15.9. The third kappa shape index (κ3) is 4.01. The number of phenols is 1. The van der Waals surface area contributed by atoms with Gasteiger partial charge in [-0.25, -0.2) is 9.59 Å². The number of urea groups is 1. The number of rotatable bonds is 6. The summed E-state index contributed by atoms with van der Waals surface area (Å²) in [7, 11) is 2.74. The molecule has 2 aliphatic rings. The SMILES string of the molecule is COc1cc(C2NC(=O)N(C)C(C)=C2C(=O)OCC2CCCO2)cc([N+](=O)[O-])c1O. The predicted molar refractivity (Wildman–Crippen MR) is 103 cm³/mol. The van der Waals surface area contributed by atoms with Crippen LogP contribution in [0.15, 0.2) is 23.4 Å². The van der Waals surface area contributed by atoms with Gasteiger partial charge < -0.3 is 29.5 Å². The smallest absolute Gasteiger partial charge is 0.338 e. The van der Waals surface area contributed by atoms with Gasteiger partial charge in [0, 0.05) is 25.4 Å². The van der Waals surface area contributed by atoms with Gasteiger partial charge in [0.25, 0.3) is 0 Å². The topological polar surface area (TPSA) is 140 Å². The van der Waals surface area contributed by atoms with Crippen LogP contribution in [0.5, 0.6) is 11.5 Å². The summed E-state index contributed by atoms with van der Waals surface area (Å²) in [6.45, 7) is 2.27. The fourth-order valence-electron chi connectivity index (χ4n) is 3.45. The molecule has 30 heavy (non-hydrogen) atoms. The van der Waals surface area contributed by atoms with Crippen molar-refractivity contribution >= 4 is 17.7 Å². The van der Waals surface area contributed by atoms with Crippen molar-refractivity contribution in [1.29, 1.82) is 0 Å². The van der Waals surface area contributed by atoms with Crippen molar-refractivity contribution in [2.75, 3.05) is 27.4 Å². The minimum Gasteiger partial charge on any atom is -0.500 e. The van der Waals surface area contributed by atoms with Crippen molar-refractivity contribution in [3.8, 4) is 11.5 Å². The van der Waals surface area contributed by atoms with Gasteiger partial charge in [-0.15, -0.1) is 0 Å². The van der Waals surface area contributed by atoms with Crippen LogP contribution < -0.4 is 10.1 Å². The Morgan fingerprint density at radius 3 is 2.80 bits per heavy atom. The second kappa shape index (κ2) is 8.57. The molecule has 1 aromatic rings. The van der Waals surface area contributed by atoms with Crippen LogP contribution in [0, 0.1) is 10.1 Å². The van der Waals surface area contributed by atoms with Crippen molar-refractivity contribution in [2.24, 2.45) is 0 Å². The Morgan fingerprint density at radius 1 is 1.47 bits per heavy atom. The fourth-order valence-corrected chi connectivity index (χ4v) is 3.45. The van der Waals surface area contributed by atoms with E-state index in [-0.39, 0.29) is 29.6 Å². The van der Waals surface area contributed by atoms with Crippen LogP contribution in [-0.4, -0.2) is 60.4 Å². The van der Waals surface area contributed by atoms with E-state index in [4.69, 9.17) is 14.2 Å². The molecule has 0 aliphatic carbocycles. The minimum atomic E-state index is -1.03. The van der Waals surface area contributed by atoms with Crippen LogP contribution >= 0.6 is 0 Å². The molecule has 2 heterocycles. The normalized spacial score (nSPS) is 21.4. The lowest BCUT2D eigenvalue weighted by Crippen LogP contribution is -2.46. The van der Waals surface area contributed by atoms with Gasteiger partial charge in [-0.1, -0.05) is 0 Å². The van der Waals surface area contributed by atoms with Crippen molar-refractivity contribution in [2.45, 2.75) is 31.9 Å². The molecular formula is C19H23N3O8. The van der Waals surface area contributed by atoms with Gasteiger partial charge in [0.2, 0.25) is 5.75 Å². The predicted octanol–water partition coefficient (Wildman–Crippen LogP) is 2.00. The van der Waals surface area contributed by atoms with E-state index in [9.17, 15) is 24.8 Å². The Hall–Kier alpha value is -3.34. The first kappa shape index (κ1) is 21.4. The van der Waals surface area contributed by atoms with Crippen LogP contribution in [0.4, 0.5) is 10.5 Å². The Kier molecular flexibility index (Phi) is 6.11. The Morgan fingerprint density at radius 2 is 2.20 bits per heavy atom. The van der Waals surface area contributed by atoms with Gasteiger partial charge in [-0.2, -0.15) is 0 Å². The Bertz CT molecular complexity index is 907. The van der Waals surface area contributed by atoms with E-state index in [2.05, 4.69) is 5.32 Å². The summed E-state index contributed by atoms with van der Waals surface area (Å²) in [6, 6.07) is 0.898. The molecule has 0 spiro atoms. The van der Waals surface area contributed by atoms with Crippen LogP contribution in [0.3, 0.4) is 0 Å². The number of hydrogen-bond acceptors (Lipinski definition) is 8. The number of ether oxygens (including phenoxy) is 3. The highest BCUT2D eigenvalue weighted by molar-refractivity contribution is 5.95. The van der Waals surface area contributed by atoms with Gasteiger partial charge in [-0.3, -0.25) is 10.1 Å². The lowest BCUT2D eigenvalue weighted by molar-refractivity contribution is -0.386. The molecule has 1 fully saturated rings. The molecule has 0 radical (unpaired) electrons. The summed E-state index contributed by atoms with van der Waals surface area (Å²) in [5.41, 5.74) is 0.0522. The van der Waals surface area contributed by atoms with Crippen molar-refractivity contribution < 1.29 is 33.8 Å². The highest BCUT2D eigenvalue weighted by Crippen LogP contribution is 2.41. The molecule has 2 N–H and O–H groups in total. The van der Waals surface area contributed by atoms with E-state index in [0.29, 0.717) is 12.3 Å². The minimum absolute atomic E-state index is 0.0685. The maximum atomic E-state index is 12.9. The highest BCUT2D eigenvalue weighted by atomic mass is 16.6. The van der Waals surface area contributed by atoms with Gasteiger partial charge in [0.05, 0.1) is 29.8 Å². The van der Waals surface area contributed by atoms with Crippen LogP contribution in [-0.2, 0) is 14.3 Å². The number of aromatic hydroxyl groups is 1. The summed E-state index contributed by atoms with van der Waals surface area (Å²) in [6.07, 6.45) is 1.49. The van der Waals surface area contributed by atoms with E-state index < -0.39 is 34.4 Å². The monoisotopic (exact) mass is 421 g/mol. The number of carbonyl (C=O) groups excluding carboxylic acids is 2. The average molecular weight is 421 g/mol. The zero-order chi connectivity index (χ0) is 22.0. The molecule has 0 aromatic heterocycles. The molecular weight excluding hydrogens is 398 g/mol. The molecule has 11 nitrogen and oxygen atoms in total. The summed E-state index contributed by atoms with van der Waals surface area (Å²) in [5.74, 6) is -1.47. The number of methoxy groups -OCH3 is 1. The number of nitro benzene ring substituents is 1. The Labute approximate surface area is 172 Å². The summed E-state index contributed by atoms with van der Waals surface area (Å²) in [5, 5.41) is 24.0. The molecule has 162 valence electrons. The number of nitro groups is 1. The third-order valence-electron chi connectivity index (χ3n) is 5.23. The number of carbonyl (C=O) groups is 2. The van der Waals surface area contributed by atoms with Gasteiger partial charge in [-0.05, 0) is 31.4 Å². The van der Waals surface area contributed by atoms with Crippen LogP contribution in [0.2, 0.25) is 0 Å². The highest BCUT2D eigenvalue weighted by Gasteiger charge is 2.37. The standard InChI is InChI=1S/C19H23N3O8/c1-10-15(18(24)30-9-12-5-4-6-29-12)16(20-19(25)21(10)2)11-7-13(22(26)27)17(23)14(8-11)28-3/h7-8,12,16,23H,4-6,9H2,1-3H3,(H,20,25). The first-order valence-corrected chi connectivity index (χ1v) is 9.33. The van der Waals surface area contributed by atoms with E-state index in [1.807, 2.05) is 0 Å². The van der Waals surface area contributed by atoms with Gasteiger partial charge >= 0.3 is 17.7 Å². The first-order valence-electron chi connectivity index (χ1n) is 9.33. The molecule has 0 saturated carbocycles. The third-order valence-corrected chi connectivity index (χ3v) is 5.23. The number of phenolic OH excluding ortho intramolecular Hbond substituents is 1. The second-order valence-electron chi connectivity index (χ2n) is 7.02. The van der Waals surface area contributed by atoms with Crippen molar-refractivity contribution in [3.63, 3.8) is 0 Å². The number of hydrogen-bond donors (Lipinski definition) is 2. The lowest BCUT2D eigenvalue weighted by atomic mass is 9.94. The van der Waals surface area contributed by atoms with Gasteiger partial charge in [0.1, 0.15) is 6.61 Å².